The predicted octanol–water partition coefficient (Wildman–Crippen LogP) is 3.68. The molecule has 1 aromatic heterocycles. The Labute approximate surface area is 135 Å². The van der Waals surface area contributed by atoms with Crippen molar-refractivity contribution < 1.29 is 8.42 Å². The van der Waals surface area contributed by atoms with E-state index in [-0.39, 0.29) is 4.90 Å². The van der Waals surface area contributed by atoms with Gasteiger partial charge in [-0.15, -0.1) is 11.3 Å². The van der Waals surface area contributed by atoms with Crippen molar-refractivity contribution in [1.29, 1.82) is 0 Å². The van der Waals surface area contributed by atoms with Gasteiger partial charge >= 0.3 is 0 Å². The number of benzene rings is 1. The second kappa shape index (κ2) is 6.44. The Morgan fingerprint density at radius 1 is 1.30 bits per heavy atom. The van der Waals surface area contributed by atoms with Crippen LogP contribution >= 0.6 is 38.9 Å². The summed E-state index contributed by atoms with van der Waals surface area (Å²) in [6.45, 7) is 0.625. The molecule has 8 heteroatoms. The number of sulfonamides is 1. The lowest BCUT2D eigenvalue weighted by Crippen LogP contribution is -2.12. The fourth-order valence-electron chi connectivity index (χ4n) is 1.57. The minimum Gasteiger partial charge on any atom is -0.315 e. The van der Waals surface area contributed by atoms with Crippen molar-refractivity contribution in [2.24, 2.45) is 0 Å². The third-order valence-electron chi connectivity index (χ3n) is 2.44. The second-order valence-corrected chi connectivity index (χ2v) is 8.54. The molecule has 0 saturated carbocycles. The Morgan fingerprint density at radius 2 is 1.95 bits per heavy atom. The normalized spacial score (nSPS) is 11.6. The highest BCUT2D eigenvalue weighted by atomic mass is 79.9. The molecule has 2 rings (SSSR count). The summed E-state index contributed by atoms with van der Waals surface area (Å²) in [5, 5.41) is 3.55. The third kappa shape index (κ3) is 3.73. The van der Waals surface area contributed by atoms with Gasteiger partial charge < -0.3 is 5.32 Å². The van der Waals surface area contributed by atoms with Crippen LogP contribution in [0.5, 0.6) is 0 Å². The monoisotopic (exact) mass is 394 g/mol. The van der Waals surface area contributed by atoms with E-state index in [9.17, 15) is 8.42 Å². The Morgan fingerprint density at radius 3 is 2.55 bits per heavy atom. The van der Waals surface area contributed by atoms with Gasteiger partial charge in [0.2, 0.25) is 0 Å². The number of anilines is 1. The average Bonchev–Trinajstić information content (AvgIpc) is 2.74. The van der Waals surface area contributed by atoms with Crippen LogP contribution in [0.2, 0.25) is 5.02 Å². The van der Waals surface area contributed by atoms with Gasteiger partial charge in [0.25, 0.3) is 10.0 Å². The molecule has 108 valence electrons. The van der Waals surface area contributed by atoms with Crippen LogP contribution in [0.15, 0.2) is 39.0 Å². The molecule has 0 aliphatic rings. The number of nitrogens with one attached hydrogen (secondary N) is 2. The predicted molar refractivity (Wildman–Crippen MR) is 87.0 cm³/mol. The van der Waals surface area contributed by atoms with E-state index in [2.05, 4.69) is 26.0 Å². The Balaban J connectivity index is 2.28. The number of rotatable bonds is 5. The van der Waals surface area contributed by atoms with Gasteiger partial charge in [0.1, 0.15) is 4.90 Å². The lowest BCUT2D eigenvalue weighted by Gasteiger charge is -2.07. The third-order valence-corrected chi connectivity index (χ3v) is 6.33. The molecule has 0 aliphatic carbocycles. The molecule has 2 aromatic rings. The highest BCUT2D eigenvalue weighted by Crippen LogP contribution is 2.32. The summed E-state index contributed by atoms with van der Waals surface area (Å²) in [4.78, 5) is 1.18. The zero-order valence-corrected chi connectivity index (χ0v) is 14.5. The van der Waals surface area contributed by atoms with Gasteiger partial charge in [0, 0.05) is 22.1 Å². The topological polar surface area (TPSA) is 58.2 Å². The first kappa shape index (κ1) is 15.8. The van der Waals surface area contributed by atoms with E-state index in [1.165, 1.54) is 11.3 Å². The summed E-state index contributed by atoms with van der Waals surface area (Å²) in [5.74, 6) is 0. The van der Waals surface area contributed by atoms with Crippen LogP contribution in [-0.2, 0) is 16.6 Å². The fraction of sp³-hybridized carbons (Fsp3) is 0.167. The van der Waals surface area contributed by atoms with Gasteiger partial charge in [-0.1, -0.05) is 11.6 Å². The van der Waals surface area contributed by atoms with Crippen molar-refractivity contribution in [3.8, 4) is 0 Å². The van der Waals surface area contributed by atoms with E-state index in [1.54, 1.807) is 30.3 Å². The van der Waals surface area contributed by atoms with E-state index in [0.29, 0.717) is 21.0 Å². The number of thiophene rings is 1. The number of hydrogen-bond donors (Lipinski definition) is 2. The van der Waals surface area contributed by atoms with E-state index in [1.807, 2.05) is 7.05 Å². The average molecular weight is 396 g/mol. The van der Waals surface area contributed by atoms with Crippen molar-refractivity contribution in [1.82, 2.24) is 5.32 Å². The quantitative estimate of drug-likeness (QED) is 0.812. The molecule has 0 atom stereocenters. The summed E-state index contributed by atoms with van der Waals surface area (Å²) in [6.07, 6.45) is 0. The SMILES string of the molecule is CNCc1cc(S(=O)(=O)Nc2ccc(Cl)cc2)c(Br)s1. The zero-order valence-electron chi connectivity index (χ0n) is 10.5. The molecule has 0 fully saturated rings. The van der Waals surface area contributed by atoms with Crippen molar-refractivity contribution in [2.75, 3.05) is 11.8 Å². The van der Waals surface area contributed by atoms with Crippen LogP contribution in [0.3, 0.4) is 0 Å². The minimum absolute atomic E-state index is 0.239. The first-order valence-electron chi connectivity index (χ1n) is 5.63. The summed E-state index contributed by atoms with van der Waals surface area (Å²) >= 11 is 10.5. The van der Waals surface area contributed by atoms with E-state index < -0.39 is 10.0 Å². The molecule has 1 heterocycles. The van der Waals surface area contributed by atoms with Gasteiger partial charge in [0.15, 0.2) is 0 Å². The molecule has 0 radical (unpaired) electrons. The maximum atomic E-state index is 12.3. The molecule has 0 saturated heterocycles. The molecular weight excluding hydrogens is 384 g/mol. The summed E-state index contributed by atoms with van der Waals surface area (Å²) in [6, 6.07) is 8.16. The summed E-state index contributed by atoms with van der Waals surface area (Å²) in [5.41, 5.74) is 0.475. The van der Waals surface area contributed by atoms with Gasteiger partial charge in [-0.3, -0.25) is 4.72 Å². The Hall–Kier alpha value is -0.600. The van der Waals surface area contributed by atoms with Crippen LogP contribution in [-0.4, -0.2) is 15.5 Å². The summed E-state index contributed by atoms with van der Waals surface area (Å²) < 4.78 is 27.8. The minimum atomic E-state index is -3.61. The van der Waals surface area contributed by atoms with Crippen LogP contribution < -0.4 is 10.0 Å². The zero-order chi connectivity index (χ0) is 14.8. The maximum absolute atomic E-state index is 12.3. The van der Waals surface area contributed by atoms with Gasteiger partial charge in [-0.05, 0) is 53.3 Å². The Bertz CT molecular complexity index is 699. The second-order valence-electron chi connectivity index (χ2n) is 3.99. The smallest absolute Gasteiger partial charge is 0.263 e. The van der Waals surface area contributed by atoms with Crippen LogP contribution in [0.1, 0.15) is 4.88 Å². The largest absolute Gasteiger partial charge is 0.315 e. The van der Waals surface area contributed by atoms with Crippen molar-refractivity contribution in [2.45, 2.75) is 11.4 Å². The molecular formula is C12H12BrClN2O2S2. The van der Waals surface area contributed by atoms with Crippen LogP contribution in [0.25, 0.3) is 0 Å². The first-order chi connectivity index (χ1) is 9.42. The summed E-state index contributed by atoms with van der Waals surface area (Å²) in [7, 11) is -1.80. The highest BCUT2D eigenvalue weighted by Gasteiger charge is 2.20. The van der Waals surface area contributed by atoms with E-state index >= 15 is 0 Å². The molecule has 0 spiro atoms. The molecule has 0 amide bonds. The molecule has 0 aliphatic heterocycles. The maximum Gasteiger partial charge on any atom is 0.263 e. The molecule has 4 nitrogen and oxygen atoms in total. The van der Waals surface area contributed by atoms with Crippen LogP contribution in [0, 0.1) is 0 Å². The standard InChI is InChI=1S/C12H12BrClN2O2S2/c1-15-7-10-6-11(12(13)19-10)20(17,18)16-9-4-2-8(14)3-5-9/h2-6,15-16H,7H2,1H3. The van der Waals surface area contributed by atoms with Crippen LogP contribution in [0.4, 0.5) is 5.69 Å². The number of halogens is 2. The van der Waals surface area contributed by atoms with Crippen molar-refractivity contribution in [3.63, 3.8) is 0 Å². The van der Waals surface area contributed by atoms with E-state index in [4.69, 9.17) is 11.6 Å². The fourth-order valence-corrected chi connectivity index (χ4v) is 5.45. The number of hydrogen-bond acceptors (Lipinski definition) is 4. The molecule has 2 N–H and O–H groups in total. The van der Waals surface area contributed by atoms with Gasteiger partial charge in [-0.25, -0.2) is 8.42 Å². The van der Waals surface area contributed by atoms with Gasteiger partial charge in [0.05, 0.1) is 3.79 Å². The lowest BCUT2D eigenvalue weighted by molar-refractivity contribution is 0.601. The lowest BCUT2D eigenvalue weighted by atomic mass is 10.3. The molecule has 0 unspecified atom stereocenters. The first-order valence-corrected chi connectivity index (χ1v) is 9.10. The molecule has 1 aromatic carbocycles. The highest BCUT2D eigenvalue weighted by molar-refractivity contribution is 9.11. The van der Waals surface area contributed by atoms with Gasteiger partial charge in [-0.2, -0.15) is 0 Å². The Kier molecular flexibility index (Phi) is 5.09. The molecule has 20 heavy (non-hydrogen) atoms. The molecule has 0 bridgehead atoms. The van der Waals surface area contributed by atoms with Crippen molar-refractivity contribution >= 4 is 54.6 Å². The van der Waals surface area contributed by atoms with E-state index in [0.717, 1.165) is 4.88 Å². The van der Waals surface area contributed by atoms with Crippen molar-refractivity contribution in [3.05, 3.63) is 44.0 Å².